The fraction of sp³-hybridized carbons (Fsp3) is 0.647. The van der Waals surface area contributed by atoms with Crippen LogP contribution in [0.1, 0.15) is 65.2 Å². The van der Waals surface area contributed by atoms with Crippen LogP contribution in [0, 0.1) is 5.82 Å². The van der Waals surface area contributed by atoms with Gasteiger partial charge in [-0.1, -0.05) is 58.4 Å². The number of nitrogens with one attached hydrogen (secondary N) is 1. The molecule has 0 atom stereocenters. The van der Waals surface area contributed by atoms with Crippen molar-refractivity contribution in [3.8, 4) is 0 Å². The molecule has 0 saturated carbocycles. The second kappa shape index (κ2) is 9.82. The number of rotatable bonds is 10. The van der Waals surface area contributed by atoms with Gasteiger partial charge < -0.3 is 5.32 Å². The van der Waals surface area contributed by atoms with E-state index in [-0.39, 0.29) is 5.82 Å². The molecule has 108 valence electrons. The van der Waals surface area contributed by atoms with Crippen molar-refractivity contribution >= 4 is 5.69 Å². The summed E-state index contributed by atoms with van der Waals surface area (Å²) in [6.45, 7) is 4.46. The van der Waals surface area contributed by atoms with E-state index in [1.165, 1.54) is 57.4 Å². The molecule has 0 radical (unpaired) electrons. The summed E-state index contributed by atoms with van der Waals surface area (Å²) in [7, 11) is 0. The van der Waals surface area contributed by atoms with E-state index in [4.69, 9.17) is 0 Å². The lowest BCUT2D eigenvalue weighted by Gasteiger charge is -2.20. The van der Waals surface area contributed by atoms with E-state index in [2.05, 4.69) is 19.2 Å². The molecule has 0 amide bonds. The third-order valence-electron chi connectivity index (χ3n) is 3.51. The summed E-state index contributed by atoms with van der Waals surface area (Å²) < 4.78 is 13.2. The highest BCUT2D eigenvalue weighted by atomic mass is 19.1. The normalized spacial score (nSPS) is 10.9. The zero-order valence-corrected chi connectivity index (χ0v) is 12.4. The highest BCUT2D eigenvalue weighted by Crippen LogP contribution is 2.17. The molecule has 0 unspecified atom stereocenters. The lowest BCUT2D eigenvalue weighted by molar-refractivity contribution is 0.526. The van der Waals surface area contributed by atoms with Crippen LogP contribution in [0.2, 0.25) is 0 Å². The zero-order chi connectivity index (χ0) is 13.9. The van der Waals surface area contributed by atoms with Gasteiger partial charge in [0.25, 0.3) is 0 Å². The monoisotopic (exact) mass is 265 g/mol. The predicted molar refractivity (Wildman–Crippen MR) is 82.1 cm³/mol. The minimum absolute atomic E-state index is 0.161. The quantitative estimate of drug-likeness (QED) is 0.530. The molecule has 0 fully saturated rings. The van der Waals surface area contributed by atoms with E-state index in [9.17, 15) is 4.39 Å². The van der Waals surface area contributed by atoms with E-state index in [1.54, 1.807) is 12.1 Å². The van der Waals surface area contributed by atoms with Crippen molar-refractivity contribution in [3.63, 3.8) is 0 Å². The van der Waals surface area contributed by atoms with E-state index in [0.717, 1.165) is 5.69 Å². The largest absolute Gasteiger partial charge is 0.382 e. The Morgan fingerprint density at radius 3 is 2.16 bits per heavy atom. The Morgan fingerprint density at radius 1 is 1.00 bits per heavy atom. The molecular weight excluding hydrogens is 237 g/mol. The number of halogens is 1. The molecule has 1 nitrogen and oxygen atoms in total. The fourth-order valence-electron chi connectivity index (χ4n) is 2.38. The summed E-state index contributed by atoms with van der Waals surface area (Å²) in [5.41, 5.74) is 0.915. The molecule has 0 aliphatic heterocycles. The van der Waals surface area contributed by atoms with Gasteiger partial charge in [-0.2, -0.15) is 0 Å². The molecule has 1 aromatic rings. The molecule has 1 N–H and O–H groups in total. The summed E-state index contributed by atoms with van der Waals surface area (Å²) >= 11 is 0. The molecule has 0 heterocycles. The van der Waals surface area contributed by atoms with Crippen LogP contribution >= 0.6 is 0 Å². The van der Waals surface area contributed by atoms with Gasteiger partial charge >= 0.3 is 0 Å². The van der Waals surface area contributed by atoms with Crippen LogP contribution in [0.25, 0.3) is 0 Å². The Balaban J connectivity index is 2.46. The topological polar surface area (TPSA) is 12.0 Å². The average molecular weight is 265 g/mol. The van der Waals surface area contributed by atoms with Crippen molar-refractivity contribution < 1.29 is 4.39 Å². The van der Waals surface area contributed by atoms with E-state index < -0.39 is 0 Å². The molecule has 0 spiro atoms. The van der Waals surface area contributed by atoms with Gasteiger partial charge in [-0.3, -0.25) is 0 Å². The second-order valence-electron chi connectivity index (χ2n) is 5.34. The number of hydrogen-bond acceptors (Lipinski definition) is 1. The summed E-state index contributed by atoms with van der Waals surface area (Å²) in [5.74, 6) is -0.161. The summed E-state index contributed by atoms with van der Waals surface area (Å²) in [5, 5.41) is 3.50. The summed E-state index contributed by atoms with van der Waals surface area (Å²) in [6.07, 6.45) is 9.97. The lowest BCUT2D eigenvalue weighted by atomic mass is 10.0. The van der Waals surface area contributed by atoms with Crippen LogP contribution in [-0.2, 0) is 0 Å². The Bertz CT molecular complexity index is 328. The number of anilines is 1. The maximum Gasteiger partial charge on any atom is 0.125 e. The van der Waals surface area contributed by atoms with Crippen molar-refractivity contribution in [1.82, 2.24) is 0 Å². The molecule has 1 aromatic carbocycles. The molecule has 0 aliphatic carbocycles. The third kappa shape index (κ3) is 7.19. The molecule has 2 heteroatoms. The number of unbranched alkanes of at least 4 members (excludes halogenated alkanes) is 4. The molecule has 19 heavy (non-hydrogen) atoms. The van der Waals surface area contributed by atoms with Gasteiger partial charge in [0.1, 0.15) is 5.82 Å². The lowest BCUT2D eigenvalue weighted by Crippen LogP contribution is -2.19. The van der Waals surface area contributed by atoms with Crippen molar-refractivity contribution in [2.24, 2.45) is 0 Å². The Kier molecular flexibility index (Phi) is 8.28. The predicted octanol–water partition coefficient (Wildman–Crippen LogP) is 5.77. The van der Waals surface area contributed by atoms with Gasteiger partial charge in [0.2, 0.25) is 0 Å². The molecule has 0 aliphatic rings. The van der Waals surface area contributed by atoms with Crippen LogP contribution in [0.5, 0.6) is 0 Å². The maximum absolute atomic E-state index is 13.2. The minimum Gasteiger partial charge on any atom is -0.382 e. The van der Waals surface area contributed by atoms with Crippen LogP contribution < -0.4 is 5.32 Å². The first-order valence-corrected chi connectivity index (χ1v) is 7.78. The Hall–Kier alpha value is -1.05. The molecule has 0 aromatic heterocycles. The number of hydrogen-bond donors (Lipinski definition) is 1. The van der Waals surface area contributed by atoms with Gasteiger partial charge in [-0.05, 0) is 31.0 Å². The minimum atomic E-state index is -0.161. The highest BCUT2D eigenvalue weighted by molar-refractivity contribution is 5.43. The average Bonchev–Trinajstić information content (AvgIpc) is 2.39. The van der Waals surface area contributed by atoms with Crippen LogP contribution in [0.4, 0.5) is 10.1 Å². The first-order valence-electron chi connectivity index (χ1n) is 7.78. The Labute approximate surface area is 117 Å². The molecule has 0 bridgehead atoms. The van der Waals surface area contributed by atoms with Gasteiger partial charge in [-0.15, -0.1) is 0 Å². The van der Waals surface area contributed by atoms with Crippen molar-refractivity contribution in [2.45, 2.75) is 71.3 Å². The summed E-state index contributed by atoms with van der Waals surface area (Å²) in [4.78, 5) is 0. The van der Waals surface area contributed by atoms with E-state index in [0.29, 0.717) is 6.04 Å². The highest BCUT2D eigenvalue weighted by Gasteiger charge is 2.08. The molecule has 0 saturated heterocycles. The van der Waals surface area contributed by atoms with Gasteiger partial charge in [0.05, 0.1) is 0 Å². The van der Waals surface area contributed by atoms with Crippen LogP contribution in [0.3, 0.4) is 0 Å². The molecular formula is C17H28FN. The zero-order valence-electron chi connectivity index (χ0n) is 12.4. The van der Waals surface area contributed by atoms with Crippen molar-refractivity contribution in [3.05, 3.63) is 30.1 Å². The van der Waals surface area contributed by atoms with Gasteiger partial charge in [0, 0.05) is 11.7 Å². The SMILES string of the molecule is CCCCCC(CCCCC)Nc1cccc(F)c1. The first kappa shape index (κ1) is 16.0. The van der Waals surface area contributed by atoms with Crippen molar-refractivity contribution in [2.75, 3.05) is 5.32 Å². The van der Waals surface area contributed by atoms with Gasteiger partial charge in [-0.25, -0.2) is 4.39 Å². The van der Waals surface area contributed by atoms with Crippen LogP contribution in [0.15, 0.2) is 24.3 Å². The fourth-order valence-corrected chi connectivity index (χ4v) is 2.38. The second-order valence-corrected chi connectivity index (χ2v) is 5.34. The smallest absolute Gasteiger partial charge is 0.125 e. The van der Waals surface area contributed by atoms with Crippen molar-refractivity contribution in [1.29, 1.82) is 0 Å². The standard InChI is InChI=1S/C17H28FN/c1-3-5-7-11-16(12-8-6-4-2)19-17-13-9-10-15(18)14-17/h9-10,13-14,16,19H,3-8,11-12H2,1-2H3. The molecule has 1 rings (SSSR count). The van der Waals surface area contributed by atoms with E-state index in [1.807, 2.05) is 6.07 Å². The third-order valence-corrected chi connectivity index (χ3v) is 3.51. The van der Waals surface area contributed by atoms with Crippen LogP contribution in [-0.4, -0.2) is 6.04 Å². The summed E-state index contributed by atoms with van der Waals surface area (Å²) in [6, 6.07) is 7.30. The maximum atomic E-state index is 13.2. The Morgan fingerprint density at radius 2 is 1.63 bits per heavy atom. The van der Waals surface area contributed by atoms with E-state index >= 15 is 0 Å². The van der Waals surface area contributed by atoms with Gasteiger partial charge in [0.15, 0.2) is 0 Å². The number of benzene rings is 1. The first-order chi connectivity index (χ1) is 9.26.